The molecule has 2 rings (SSSR count). The van der Waals surface area contributed by atoms with Crippen LogP contribution in [0.4, 0.5) is 0 Å². The maximum absolute atomic E-state index is 12.0. The number of hydrogen-bond donors (Lipinski definition) is 1. The summed E-state index contributed by atoms with van der Waals surface area (Å²) in [6, 6.07) is 14.7. The van der Waals surface area contributed by atoms with Crippen molar-refractivity contribution in [2.75, 3.05) is 13.2 Å². The summed E-state index contributed by atoms with van der Waals surface area (Å²) in [7, 11) is 0. The van der Waals surface area contributed by atoms with Crippen molar-refractivity contribution in [1.29, 1.82) is 0 Å². The Balaban J connectivity index is 1.95. The maximum Gasteiger partial charge on any atom is 0.201 e. The lowest BCUT2D eigenvalue weighted by molar-refractivity contribution is 0.0921. The lowest BCUT2D eigenvalue weighted by atomic mass is 10.1. The first-order valence-corrected chi connectivity index (χ1v) is 7.10. The molecule has 0 bridgehead atoms. The summed E-state index contributed by atoms with van der Waals surface area (Å²) in [5, 5.41) is 8.84. The Morgan fingerprint density at radius 3 is 2.45 bits per heavy atom. The van der Waals surface area contributed by atoms with Gasteiger partial charge in [0.2, 0.25) is 5.78 Å². The summed E-state index contributed by atoms with van der Waals surface area (Å²) in [5.41, 5.74) is 1.65. The monoisotopic (exact) mass is 334 g/mol. The molecule has 20 heavy (non-hydrogen) atoms. The first-order valence-electron chi connectivity index (χ1n) is 6.31. The van der Waals surface area contributed by atoms with Gasteiger partial charge in [-0.2, -0.15) is 0 Å². The van der Waals surface area contributed by atoms with Crippen molar-refractivity contribution in [1.82, 2.24) is 0 Å². The van der Waals surface area contributed by atoms with Gasteiger partial charge in [0, 0.05) is 16.6 Å². The Morgan fingerprint density at radius 1 is 1.10 bits per heavy atom. The average molecular weight is 335 g/mol. The Labute approximate surface area is 126 Å². The van der Waals surface area contributed by atoms with Crippen LogP contribution in [0.25, 0.3) is 0 Å². The largest absolute Gasteiger partial charge is 0.485 e. The van der Waals surface area contributed by atoms with Crippen molar-refractivity contribution in [3.05, 3.63) is 64.1 Å². The molecule has 0 radical (unpaired) electrons. The summed E-state index contributed by atoms with van der Waals surface area (Å²) < 4.78 is 6.25. The van der Waals surface area contributed by atoms with E-state index in [2.05, 4.69) is 15.9 Å². The van der Waals surface area contributed by atoms with E-state index in [4.69, 9.17) is 9.84 Å². The highest BCUT2D eigenvalue weighted by atomic mass is 79.9. The zero-order valence-electron chi connectivity index (χ0n) is 10.9. The van der Waals surface area contributed by atoms with Crippen LogP contribution in [0.1, 0.15) is 15.9 Å². The molecule has 4 heteroatoms. The zero-order chi connectivity index (χ0) is 14.4. The molecule has 0 amide bonds. The van der Waals surface area contributed by atoms with Gasteiger partial charge in [-0.25, -0.2) is 0 Å². The molecular formula is C16H15BrO3. The molecular weight excluding hydrogens is 320 g/mol. The van der Waals surface area contributed by atoms with Crippen LogP contribution >= 0.6 is 15.9 Å². The van der Waals surface area contributed by atoms with Crippen LogP contribution in [0.3, 0.4) is 0 Å². The smallest absolute Gasteiger partial charge is 0.201 e. The van der Waals surface area contributed by atoms with Crippen LogP contribution in [-0.4, -0.2) is 24.1 Å². The molecule has 2 aromatic rings. The van der Waals surface area contributed by atoms with Gasteiger partial charge in [0.05, 0.1) is 0 Å². The number of carbonyl (C=O) groups is 1. The van der Waals surface area contributed by atoms with E-state index in [9.17, 15) is 4.79 Å². The molecule has 0 spiro atoms. The fraction of sp³-hybridized carbons (Fsp3) is 0.188. The SMILES string of the molecule is O=C(COc1ccc(CCO)cc1)c1ccccc1Br. The third kappa shape index (κ3) is 3.92. The van der Waals surface area contributed by atoms with E-state index in [1.165, 1.54) is 0 Å². The van der Waals surface area contributed by atoms with Gasteiger partial charge in [-0.1, -0.05) is 46.3 Å². The van der Waals surface area contributed by atoms with Gasteiger partial charge in [0.15, 0.2) is 6.61 Å². The minimum Gasteiger partial charge on any atom is -0.485 e. The minimum absolute atomic E-state index is 0.00194. The standard InChI is InChI=1S/C16H15BrO3/c17-15-4-2-1-3-14(15)16(19)11-20-13-7-5-12(6-8-13)9-10-18/h1-8,18H,9-11H2. The van der Waals surface area contributed by atoms with E-state index in [0.717, 1.165) is 10.0 Å². The Bertz CT molecular complexity index is 579. The zero-order valence-corrected chi connectivity index (χ0v) is 12.5. The van der Waals surface area contributed by atoms with E-state index < -0.39 is 0 Å². The van der Waals surface area contributed by atoms with Gasteiger partial charge in [-0.15, -0.1) is 0 Å². The number of halogens is 1. The number of aliphatic hydroxyl groups is 1. The highest BCUT2D eigenvalue weighted by molar-refractivity contribution is 9.10. The molecule has 1 N–H and O–H groups in total. The highest BCUT2D eigenvalue weighted by Crippen LogP contribution is 2.17. The topological polar surface area (TPSA) is 46.5 Å². The number of ether oxygens (including phenoxy) is 1. The van der Waals surface area contributed by atoms with Crippen molar-refractivity contribution in [2.24, 2.45) is 0 Å². The van der Waals surface area contributed by atoms with E-state index in [1.807, 2.05) is 30.3 Å². The van der Waals surface area contributed by atoms with E-state index in [1.54, 1.807) is 18.2 Å². The van der Waals surface area contributed by atoms with Crippen molar-refractivity contribution in [3.8, 4) is 5.75 Å². The number of ketones is 1. The molecule has 0 atom stereocenters. The maximum atomic E-state index is 12.0. The highest BCUT2D eigenvalue weighted by Gasteiger charge is 2.10. The molecule has 0 aliphatic heterocycles. The predicted molar refractivity (Wildman–Crippen MR) is 81.2 cm³/mol. The Kier molecular flexibility index (Phi) is 5.32. The molecule has 0 aliphatic rings. The Hall–Kier alpha value is -1.65. The van der Waals surface area contributed by atoms with Gasteiger partial charge in [-0.3, -0.25) is 4.79 Å². The van der Waals surface area contributed by atoms with Gasteiger partial charge in [-0.05, 0) is 30.2 Å². The molecule has 0 aliphatic carbocycles. The van der Waals surface area contributed by atoms with Crippen LogP contribution in [0.15, 0.2) is 53.0 Å². The molecule has 104 valence electrons. The number of aliphatic hydroxyl groups excluding tert-OH is 1. The molecule has 0 unspecified atom stereocenters. The van der Waals surface area contributed by atoms with Crippen LogP contribution in [-0.2, 0) is 6.42 Å². The third-order valence-corrected chi connectivity index (χ3v) is 3.56. The fourth-order valence-electron chi connectivity index (χ4n) is 1.80. The third-order valence-electron chi connectivity index (χ3n) is 2.87. The second kappa shape index (κ2) is 7.22. The summed E-state index contributed by atoms with van der Waals surface area (Å²) in [4.78, 5) is 12.0. The minimum atomic E-state index is -0.0723. The van der Waals surface area contributed by atoms with Crippen LogP contribution < -0.4 is 4.74 Å². The normalized spacial score (nSPS) is 10.3. The van der Waals surface area contributed by atoms with Crippen LogP contribution in [0.5, 0.6) is 5.75 Å². The number of benzene rings is 2. The average Bonchev–Trinajstić information content (AvgIpc) is 2.47. The lowest BCUT2D eigenvalue weighted by Crippen LogP contribution is -2.12. The van der Waals surface area contributed by atoms with Gasteiger partial charge in [0.25, 0.3) is 0 Å². The van der Waals surface area contributed by atoms with E-state index in [-0.39, 0.29) is 19.0 Å². The number of hydrogen-bond acceptors (Lipinski definition) is 3. The molecule has 0 fully saturated rings. The fourth-order valence-corrected chi connectivity index (χ4v) is 2.30. The lowest BCUT2D eigenvalue weighted by Gasteiger charge is -2.07. The van der Waals surface area contributed by atoms with E-state index >= 15 is 0 Å². The van der Waals surface area contributed by atoms with Crippen molar-refractivity contribution in [3.63, 3.8) is 0 Å². The quantitative estimate of drug-likeness (QED) is 0.825. The Morgan fingerprint density at radius 2 is 1.80 bits per heavy atom. The molecule has 2 aromatic carbocycles. The van der Waals surface area contributed by atoms with Crippen LogP contribution in [0, 0.1) is 0 Å². The van der Waals surface area contributed by atoms with Crippen molar-refractivity contribution < 1.29 is 14.6 Å². The summed E-state index contributed by atoms with van der Waals surface area (Å²) in [6.45, 7) is 0.128. The van der Waals surface area contributed by atoms with Gasteiger partial charge >= 0.3 is 0 Å². The number of Topliss-reactive ketones (excluding diaryl/α,β-unsaturated/α-hetero) is 1. The predicted octanol–water partition coefficient (Wildman–Crippen LogP) is 3.25. The first kappa shape index (κ1) is 14.8. The first-order chi connectivity index (χ1) is 9.70. The molecule has 0 aromatic heterocycles. The van der Waals surface area contributed by atoms with Crippen molar-refractivity contribution in [2.45, 2.75) is 6.42 Å². The van der Waals surface area contributed by atoms with E-state index in [0.29, 0.717) is 17.7 Å². The molecule has 0 saturated carbocycles. The van der Waals surface area contributed by atoms with Gasteiger partial charge < -0.3 is 9.84 Å². The molecule has 3 nitrogen and oxygen atoms in total. The van der Waals surface area contributed by atoms with Crippen molar-refractivity contribution >= 4 is 21.7 Å². The molecule has 0 saturated heterocycles. The van der Waals surface area contributed by atoms with Gasteiger partial charge in [0.1, 0.15) is 5.75 Å². The second-order valence-corrected chi connectivity index (χ2v) is 5.16. The summed E-state index contributed by atoms with van der Waals surface area (Å²) >= 11 is 3.35. The summed E-state index contributed by atoms with van der Waals surface area (Å²) in [6.07, 6.45) is 0.621. The van der Waals surface area contributed by atoms with Crippen LogP contribution in [0.2, 0.25) is 0 Å². The second-order valence-electron chi connectivity index (χ2n) is 4.31. The number of rotatable bonds is 6. The number of carbonyl (C=O) groups excluding carboxylic acids is 1. The summed E-state index contributed by atoms with van der Waals surface area (Å²) in [5.74, 6) is 0.573. The molecule has 0 heterocycles.